The Labute approximate surface area is 121 Å². The number of hydrogen-bond donors (Lipinski definition) is 3. The van der Waals surface area contributed by atoms with Crippen molar-refractivity contribution < 1.29 is 9.90 Å². The highest BCUT2D eigenvalue weighted by atomic mass is 16.3. The van der Waals surface area contributed by atoms with Crippen LogP contribution in [-0.4, -0.2) is 48.8 Å². The summed E-state index contributed by atoms with van der Waals surface area (Å²) in [5.74, 6) is 0. The largest absolute Gasteiger partial charge is 0.394 e. The third kappa shape index (κ3) is 7.11. The lowest BCUT2D eigenvalue weighted by Gasteiger charge is -2.17. The molecule has 1 atom stereocenters. The van der Waals surface area contributed by atoms with Crippen LogP contribution >= 0.6 is 0 Å². The van der Waals surface area contributed by atoms with E-state index >= 15 is 0 Å². The molecular weight excluding hydrogens is 254 g/mol. The van der Waals surface area contributed by atoms with E-state index < -0.39 is 0 Å². The van der Waals surface area contributed by atoms with Gasteiger partial charge in [-0.2, -0.15) is 0 Å². The van der Waals surface area contributed by atoms with Crippen LogP contribution in [0.2, 0.25) is 0 Å². The molecule has 0 bridgehead atoms. The van der Waals surface area contributed by atoms with E-state index in [1.165, 1.54) is 5.56 Å². The minimum atomic E-state index is -0.225. The second kappa shape index (κ2) is 9.34. The van der Waals surface area contributed by atoms with E-state index in [-0.39, 0.29) is 18.7 Å². The van der Waals surface area contributed by atoms with E-state index in [0.29, 0.717) is 6.54 Å². The first-order chi connectivity index (χ1) is 9.61. The van der Waals surface area contributed by atoms with Crippen molar-refractivity contribution in [2.45, 2.75) is 25.9 Å². The topological polar surface area (TPSA) is 64.6 Å². The molecule has 0 heterocycles. The third-order valence-corrected chi connectivity index (χ3v) is 2.95. The molecule has 0 aliphatic rings. The average Bonchev–Trinajstić information content (AvgIpc) is 2.44. The number of amides is 2. The van der Waals surface area contributed by atoms with E-state index in [4.69, 9.17) is 5.11 Å². The molecule has 1 unspecified atom stereocenters. The first-order valence-electron chi connectivity index (χ1n) is 6.99. The van der Waals surface area contributed by atoms with E-state index in [2.05, 4.69) is 34.7 Å². The second-order valence-electron chi connectivity index (χ2n) is 5.06. The second-order valence-corrected chi connectivity index (χ2v) is 5.06. The van der Waals surface area contributed by atoms with Crippen LogP contribution in [0.5, 0.6) is 0 Å². The van der Waals surface area contributed by atoms with Crippen LogP contribution in [0.25, 0.3) is 0 Å². The molecular formula is C15H25N3O2. The SMILES string of the molecule is CC(CO)NC(=O)NCCCN(C)Cc1ccccc1. The van der Waals surface area contributed by atoms with Crippen LogP contribution in [0.15, 0.2) is 30.3 Å². The molecule has 1 aromatic carbocycles. The fraction of sp³-hybridized carbons (Fsp3) is 0.533. The number of carbonyl (C=O) groups excluding carboxylic acids is 1. The summed E-state index contributed by atoms with van der Waals surface area (Å²) < 4.78 is 0. The summed E-state index contributed by atoms with van der Waals surface area (Å²) in [6, 6.07) is 9.87. The number of aliphatic hydroxyl groups excluding tert-OH is 1. The normalized spacial score (nSPS) is 12.2. The van der Waals surface area contributed by atoms with Crippen molar-refractivity contribution in [1.82, 2.24) is 15.5 Å². The maximum atomic E-state index is 11.4. The van der Waals surface area contributed by atoms with Crippen LogP contribution in [0, 0.1) is 0 Å². The zero-order valence-corrected chi connectivity index (χ0v) is 12.3. The molecule has 0 fully saturated rings. The van der Waals surface area contributed by atoms with Gasteiger partial charge in [0.2, 0.25) is 0 Å². The van der Waals surface area contributed by atoms with Crippen LogP contribution < -0.4 is 10.6 Å². The number of aliphatic hydroxyl groups is 1. The van der Waals surface area contributed by atoms with E-state index in [9.17, 15) is 4.79 Å². The zero-order chi connectivity index (χ0) is 14.8. The maximum absolute atomic E-state index is 11.4. The number of nitrogens with one attached hydrogen (secondary N) is 2. The van der Waals surface area contributed by atoms with Crippen LogP contribution in [0.4, 0.5) is 4.79 Å². The van der Waals surface area contributed by atoms with Crippen molar-refractivity contribution in [2.24, 2.45) is 0 Å². The average molecular weight is 279 g/mol. The summed E-state index contributed by atoms with van der Waals surface area (Å²) in [6.45, 7) is 4.17. The highest BCUT2D eigenvalue weighted by Crippen LogP contribution is 2.02. The van der Waals surface area contributed by atoms with Crippen LogP contribution in [-0.2, 0) is 6.54 Å². The molecule has 0 aromatic heterocycles. The molecule has 0 spiro atoms. The number of hydrogen-bond acceptors (Lipinski definition) is 3. The number of rotatable bonds is 8. The van der Waals surface area contributed by atoms with Crippen molar-refractivity contribution in [3.63, 3.8) is 0 Å². The maximum Gasteiger partial charge on any atom is 0.315 e. The number of nitrogens with zero attached hydrogens (tertiary/aromatic N) is 1. The molecule has 20 heavy (non-hydrogen) atoms. The lowest BCUT2D eigenvalue weighted by molar-refractivity contribution is 0.220. The number of urea groups is 1. The van der Waals surface area contributed by atoms with Gasteiger partial charge in [-0.05, 0) is 32.5 Å². The predicted molar refractivity (Wildman–Crippen MR) is 80.5 cm³/mol. The summed E-state index contributed by atoms with van der Waals surface area (Å²) in [4.78, 5) is 13.6. The van der Waals surface area contributed by atoms with Gasteiger partial charge in [-0.15, -0.1) is 0 Å². The highest BCUT2D eigenvalue weighted by molar-refractivity contribution is 5.74. The Bertz CT molecular complexity index is 384. The standard InChI is InChI=1S/C15H25N3O2/c1-13(12-19)17-15(20)16-9-6-10-18(2)11-14-7-4-3-5-8-14/h3-5,7-8,13,19H,6,9-12H2,1-2H3,(H2,16,17,20). The van der Waals surface area contributed by atoms with Gasteiger partial charge in [-0.3, -0.25) is 0 Å². The molecule has 5 heteroatoms. The van der Waals surface area contributed by atoms with Crippen molar-refractivity contribution in [3.05, 3.63) is 35.9 Å². The Kier molecular flexibility index (Phi) is 7.69. The van der Waals surface area contributed by atoms with Crippen molar-refractivity contribution in [3.8, 4) is 0 Å². The summed E-state index contributed by atoms with van der Waals surface area (Å²) in [6.07, 6.45) is 0.893. The highest BCUT2D eigenvalue weighted by Gasteiger charge is 2.05. The van der Waals surface area contributed by atoms with Gasteiger partial charge in [0.05, 0.1) is 12.6 Å². The van der Waals surface area contributed by atoms with Gasteiger partial charge >= 0.3 is 6.03 Å². The third-order valence-electron chi connectivity index (χ3n) is 2.95. The Hall–Kier alpha value is -1.59. The van der Waals surface area contributed by atoms with Crippen LogP contribution in [0.3, 0.4) is 0 Å². The van der Waals surface area contributed by atoms with Gasteiger partial charge in [0, 0.05) is 13.1 Å². The minimum absolute atomic E-state index is 0.0484. The number of carbonyl (C=O) groups is 1. The van der Waals surface area contributed by atoms with Crippen molar-refractivity contribution in [2.75, 3.05) is 26.7 Å². The summed E-state index contributed by atoms with van der Waals surface area (Å²) >= 11 is 0. The van der Waals surface area contributed by atoms with Gasteiger partial charge in [0.15, 0.2) is 0 Å². The Morgan fingerprint density at radius 3 is 2.70 bits per heavy atom. The Morgan fingerprint density at radius 1 is 1.35 bits per heavy atom. The van der Waals surface area contributed by atoms with Gasteiger partial charge in [0.1, 0.15) is 0 Å². The quantitative estimate of drug-likeness (QED) is 0.626. The molecule has 0 saturated carbocycles. The lowest BCUT2D eigenvalue weighted by Crippen LogP contribution is -2.43. The fourth-order valence-corrected chi connectivity index (χ4v) is 1.85. The minimum Gasteiger partial charge on any atom is -0.394 e. The van der Waals surface area contributed by atoms with Crippen molar-refractivity contribution >= 4 is 6.03 Å². The molecule has 1 aromatic rings. The molecule has 0 saturated heterocycles. The smallest absolute Gasteiger partial charge is 0.315 e. The molecule has 5 nitrogen and oxygen atoms in total. The van der Waals surface area contributed by atoms with E-state index in [0.717, 1.165) is 19.5 Å². The molecule has 0 radical (unpaired) electrons. The molecule has 0 aliphatic heterocycles. The first-order valence-corrected chi connectivity index (χ1v) is 6.99. The first kappa shape index (κ1) is 16.5. The Balaban J connectivity index is 2.10. The zero-order valence-electron chi connectivity index (χ0n) is 12.3. The lowest BCUT2D eigenvalue weighted by atomic mass is 10.2. The monoisotopic (exact) mass is 279 g/mol. The van der Waals surface area contributed by atoms with Gasteiger partial charge in [0.25, 0.3) is 0 Å². The summed E-state index contributed by atoms with van der Waals surface area (Å²) in [7, 11) is 2.07. The van der Waals surface area contributed by atoms with Gasteiger partial charge < -0.3 is 20.6 Å². The molecule has 2 amide bonds. The van der Waals surface area contributed by atoms with Crippen LogP contribution in [0.1, 0.15) is 18.9 Å². The van der Waals surface area contributed by atoms with E-state index in [1.807, 2.05) is 18.2 Å². The summed E-state index contributed by atoms with van der Waals surface area (Å²) in [5, 5.41) is 14.2. The molecule has 3 N–H and O–H groups in total. The molecule has 0 aliphatic carbocycles. The fourth-order valence-electron chi connectivity index (χ4n) is 1.85. The number of benzene rings is 1. The summed E-state index contributed by atoms with van der Waals surface area (Å²) in [5.41, 5.74) is 1.29. The predicted octanol–water partition coefficient (Wildman–Crippen LogP) is 1.19. The molecule has 112 valence electrons. The van der Waals surface area contributed by atoms with Gasteiger partial charge in [-0.25, -0.2) is 4.79 Å². The Morgan fingerprint density at radius 2 is 2.05 bits per heavy atom. The van der Waals surface area contributed by atoms with Crippen molar-refractivity contribution in [1.29, 1.82) is 0 Å². The molecule has 1 rings (SSSR count). The van der Waals surface area contributed by atoms with Gasteiger partial charge in [-0.1, -0.05) is 30.3 Å². The van der Waals surface area contributed by atoms with E-state index in [1.54, 1.807) is 6.92 Å².